The number of rotatable bonds is 4. The second-order valence-corrected chi connectivity index (χ2v) is 6.57. The first-order valence-corrected chi connectivity index (χ1v) is 8.93. The molecule has 1 atom stereocenters. The molecule has 1 amide bonds. The highest BCUT2D eigenvalue weighted by Gasteiger charge is 2.34. The van der Waals surface area contributed by atoms with Crippen LogP contribution in [0.3, 0.4) is 0 Å². The Hall–Kier alpha value is -2.67. The van der Waals surface area contributed by atoms with E-state index in [0.29, 0.717) is 10.7 Å². The summed E-state index contributed by atoms with van der Waals surface area (Å²) >= 11 is 1.56. The van der Waals surface area contributed by atoms with Crippen LogP contribution in [0.25, 0.3) is 0 Å². The zero-order valence-corrected chi connectivity index (χ0v) is 14.5. The molecule has 2 aromatic rings. The molecule has 1 heterocycles. The lowest BCUT2D eigenvalue weighted by Crippen LogP contribution is -2.39. The molecule has 0 aliphatic carbocycles. The van der Waals surface area contributed by atoms with E-state index in [1.807, 2.05) is 37.3 Å². The Labute approximate surface area is 149 Å². The second kappa shape index (κ2) is 7.48. The third kappa shape index (κ3) is 3.71. The molecule has 0 unspecified atom stereocenters. The quantitative estimate of drug-likeness (QED) is 0.607. The molecule has 0 spiro atoms. The fourth-order valence-electron chi connectivity index (χ4n) is 2.59. The topological polar surface area (TPSA) is 75.8 Å². The molecule has 25 heavy (non-hydrogen) atoms. The number of hydrogen-bond acceptors (Lipinski definition) is 5. The summed E-state index contributed by atoms with van der Waals surface area (Å²) in [6.45, 7) is 2.03. The lowest BCUT2D eigenvalue weighted by atomic mass is 10.1. The van der Waals surface area contributed by atoms with Gasteiger partial charge in [-0.05, 0) is 30.7 Å². The van der Waals surface area contributed by atoms with Crippen LogP contribution >= 0.6 is 11.8 Å². The number of aliphatic imine (C=N–C) groups is 1. The molecule has 1 aliphatic heterocycles. The molecule has 2 aromatic carbocycles. The van der Waals surface area contributed by atoms with Crippen molar-refractivity contribution in [2.24, 2.45) is 4.99 Å². The van der Waals surface area contributed by atoms with Crippen molar-refractivity contribution in [3.63, 3.8) is 0 Å². The highest BCUT2D eigenvalue weighted by Crippen LogP contribution is 2.30. The highest BCUT2D eigenvalue weighted by molar-refractivity contribution is 8.14. The van der Waals surface area contributed by atoms with E-state index in [9.17, 15) is 14.9 Å². The number of amides is 1. The molecule has 6 nitrogen and oxygen atoms in total. The Morgan fingerprint density at radius 2 is 1.92 bits per heavy atom. The summed E-state index contributed by atoms with van der Waals surface area (Å²) in [5, 5.41) is 11.4. The molecule has 0 N–H and O–H groups in total. The lowest BCUT2D eigenvalue weighted by Gasteiger charge is -2.23. The van der Waals surface area contributed by atoms with E-state index in [0.717, 1.165) is 17.9 Å². The Balaban J connectivity index is 1.91. The SMILES string of the molecule is CC[C@@H]1CSC(=Nc2ccccc2)N1C(=O)c1ccc([N+](=O)[O-])cc1. The van der Waals surface area contributed by atoms with Crippen LogP contribution in [0.4, 0.5) is 11.4 Å². The van der Waals surface area contributed by atoms with Gasteiger partial charge in [-0.25, -0.2) is 4.99 Å². The molecule has 7 heteroatoms. The molecule has 0 saturated carbocycles. The summed E-state index contributed by atoms with van der Waals surface area (Å²) in [6, 6.07) is 15.3. The molecule has 3 rings (SSSR count). The van der Waals surface area contributed by atoms with Gasteiger partial charge in [0.2, 0.25) is 0 Å². The fourth-order valence-corrected chi connectivity index (χ4v) is 3.86. The van der Waals surface area contributed by atoms with Gasteiger partial charge in [0.15, 0.2) is 5.17 Å². The van der Waals surface area contributed by atoms with Crippen molar-refractivity contribution < 1.29 is 9.72 Å². The van der Waals surface area contributed by atoms with Gasteiger partial charge in [-0.15, -0.1) is 0 Å². The van der Waals surface area contributed by atoms with Crippen LogP contribution in [0.5, 0.6) is 0 Å². The van der Waals surface area contributed by atoms with E-state index < -0.39 is 4.92 Å². The Kier molecular flexibility index (Phi) is 5.14. The highest BCUT2D eigenvalue weighted by atomic mass is 32.2. The smallest absolute Gasteiger partial charge is 0.269 e. The van der Waals surface area contributed by atoms with Crippen LogP contribution in [0.2, 0.25) is 0 Å². The van der Waals surface area contributed by atoms with Crippen molar-refractivity contribution in [1.29, 1.82) is 0 Å². The van der Waals surface area contributed by atoms with Gasteiger partial charge >= 0.3 is 0 Å². The molecule has 0 bridgehead atoms. The molecule has 1 fully saturated rings. The largest absolute Gasteiger partial charge is 0.283 e. The normalized spacial score (nSPS) is 18.5. The number of thioether (sulfide) groups is 1. The summed E-state index contributed by atoms with van der Waals surface area (Å²) in [7, 11) is 0. The van der Waals surface area contributed by atoms with Gasteiger partial charge < -0.3 is 0 Å². The van der Waals surface area contributed by atoms with Crippen LogP contribution in [0.15, 0.2) is 59.6 Å². The summed E-state index contributed by atoms with van der Waals surface area (Å²) in [5.74, 6) is 0.613. The first-order chi connectivity index (χ1) is 12.1. The summed E-state index contributed by atoms with van der Waals surface area (Å²) < 4.78 is 0. The number of nitrogens with zero attached hydrogens (tertiary/aromatic N) is 3. The molecule has 128 valence electrons. The minimum absolute atomic E-state index is 0.0300. The summed E-state index contributed by atoms with van der Waals surface area (Å²) in [5.41, 5.74) is 1.19. The fraction of sp³-hybridized carbons (Fsp3) is 0.222. The van der Waals surface area contributed by atoms with E-state index in [2.05, 4.69) is 4.99 Å². The number of para-hydroxylation sites is 1. The number of hydrogen-bond donors (Lipinski definition) is 0. The maximum absolute atomic E-state index is 13.0. The number of non-ortho nitro benzene ring substituents is 1. The summed E-state index contributed by atoms with van der Waals surface area (Å²) in [4.78, 5) is 29.6. The van der Waals surface area contributed by atoms with E-state index >= 15 is 0 Å². The first-order valence-electron chi connectivity index (χ1n) is 7.94. The molecule has 0 radical (unpaired) electrons. The molecular formula is C18H17N3O3S. The number of carbonyl (C=O) groups excluding carboxylic acids is 1. The average molecular weight is 355 g/mol. The monoisotopic (exact) mass is 355 g/mol. The number of carbonyl (C=O) groups is 1. The van der Waals surface area contributed by atoms with Gasteiger partial charge in [-0.1, -0.05) is 36.9 Å². The third-order valence-electron chi connectivity index (χ3n) is 3.97. The summed E-state index contributed by atoms with van der Waals surface area (Å²) in [6.07, 6.45) is 0.819. The minimum Gasteiger partial charge on any atom is -0.283 e. The number of amidine groups is 1. The van der Waals surface area contributed by atoms with E-state index in [1.54, 1.807) is 16.7 Å². The van der Waals surface area contributed by atoms with Crippen molar-refractivity contribution in [2.75, 3.05) is 5.75 Å². The molecule has 0 aromatic heterocycles. The van der Waals surface area contributed by atoms with Gasteiger partial charge in [0.25, 0.3) is 11.6 Å². The first kappa shape index (κ1) is 17.2. The van der Waals surface area contributed by atoms with Crippen LogP contribution in [-0.4, -0.2) is 32.7 Å². The van der Waals surface area contributed by atoms with E-state index in [4.69, 9.17) is 0 Å². The van der Waals surface area contributed by atoms with Crippen LogP contribution < -0.4 is 0 Å². The van der Waals surface area contributed by atoms with Crippen molar-refractivity contribution in [1.82, 2.24) is 4.90 Å². The molecule has 1 aliphatic rings. The van der Waals surface area contributed by atoms with Crippen molar-refractivity contribution >= 4 is 34.2 Å². The number of benzene rings is 2. The third-order valence-corrected chi connectivity index (χ3v) is 5.07. The maximum atomic E-state index is 13.0. The maximum Gasteiger partial charge on any atom is 0.269 e. The van der Waals surface area contributed by atoms with Crippen LogP contribution in [-0.2, 0) is 0 Å². The van der Waals surface area contributed by atoms with Crippen molar-refractivity contribution in [2.45, 2.75) is 19.4 Å². The standard InChI is InChI=1S/C18H17N3O3S/c1-2-15-12-25-18(19-14-6-4-3-5-7-14)20(15)17(22)13-8-10-16(11-9-13)21(23)24/h3-11,15H,2,12H2,1H3/t15-/m1/s1. The lowest BCUT2D eigenvalue weighted by molar-refractivity contribution is -0.384. The zero-order chi connectivity index (χ0) is 17.8. The Morgan fingerprint density at radius 1 is 1.24 bits per heavy atom. The molecular weight excluding hydrogens is 338 g/mol. The second-order valence-electron chi connectivity index (χ2n) is 5.58. The average Bonchev–Trinajstić information content (AvgIpc) is 3.04. The number of nitro groups is 1. The Bertz CT molecular complexity index is 806. The van der Waals surface area contributed by atoms with E-state index in [-0.39, 0.29) is 17.6 Å². The van der Waals surface area contributed by atoms with Crippen molar-refractivity contribution in [3.8, 4) is 0 Å². The Morgan fingerprint density at radius 3 is 2.52 bits per heavy atom. The van der Waals surface area contributed by atoms with Gasteiger partial charge in [0.1, 0.15) is 0 Å². The molecule has 1 saturated heterocycles. The van der Waals surface area contributed by atoms with Gasteiger partial charge in [-0.3, -0.25) is 19.8 Å². The predicted octanol–water partition coefficient (Wildman–Crippen LogP) is 4.25. The van der Waals surface area contributed by atoms with Crippen molar-refractivity contribution in [3.05, 3.63) is 70.3 Å². The van der Waals surface area contributed by atoms with Crippen LogP contribution in [0, 0.1) is 10.1 Å². The van der Waals surface area contributed by atoms with E-state index in [1.165, 1.54) is 24.3 Å². The van der Waals surface area contributed by atoms with Gasteiger partial charge in [0.05, 0.1) is 10.6 Å². The van der Waals surface area contributed by atoms with Crippen LogP contribution in [0.1, 0.15) is 23.7 Å². The van der Waals surface area contributed by atoms with Gasteiger partial charge in [-0.2, -0.15) is 0 Å². The number of nitro benzene ring substituents is 1. The van der Waals surface area contributed by atoms with Gasteiger partial charge in [0, 0.05) is 29.5 Å². The minimum atomic E-state index is -0.475. The predicted molar refractivity (Wildman–Crippen MR) is 99.3 cm³/mol. The zero-order valence-electron chi connectivity index (χ0n) is 13.7.